The summed E-state index contributed by atoms with van der Waals surface area (Å²) in [7, 11) is 0. The lowest BCUT2D eigenvalue weighted by atomic mass is 9.74. The van der Waals surface area contributed by atoms with E-state index >= 15 is 0 Å². The predicted octanol–water partition coefficient (Wildman–Crippen LogP) is 5.66. The van der Waals surface area contributed by atoms with Gasteiger partial charge >= 0.3 is 0 Å². The van der Waals surface area contributed by atoms with Crippen LogP contribution in [0.1, 0.15) is 75.8 Å². The van der Waals surface area contributed by atoms with Gasteiger partial charge in [-0.2, -0.15) is 0 Å². The molecule has 0 bridgehead atoms. The quantitative estimate of drug-likeness (QED) is 0.763. The summed E-state index contributed by atoms with van der Waals surface area (Å²) < 4.78 is 5.59. The molecule has 1 atom stereocenters. The summed E-state index contributed by atoms with van der Waals surface area (Å²) in [6, 6.07) is 9.53. The van der Waals surface area contributed by atoms with Crippen molar-refractivity contribution in [1.29, 1.82) is 0 Å². The Morgan fingerprint density at radius 3 is 2.52 bits per heavy atom. The van der Waals surface area contributed by atoms with Gasteiger partial charge in [-0.05, 0) is 37.8 Å². The second-order valence-electron chi connectivity index (χ2n) is 6.85. The van der Waals surface area contributed by atoms with Crippen molar-refractivity contribution in [2.24, 2.45) is 5.92 Å². The average molecular weight is 342 g/mol. The van der Waals surface area contributed by atoms with Crippen LogP contribution >= 0.6 is 0 Å². The first kappa shape index (κ1) is 19.2. The van der Waals surface area contributed by atoms with Crippen LogP contribution in [0.5, 0.6) is 0 Å². The third-order valence-electron chi connectivity index (χ3n) is 4.76. The number of amides is 1. The number of aromatic nitrogens is 1. The molecule has 0 aliphatic heterocycles. The molecule has 1 saturated carbocycles. The van der Waals surface area contributed by atoms with E-state index in [1.54, 1.807) is 0 Å². The van der Waals surface area contributed by atoms with Crippen LogP contribution in [-0.4, -0.2) is 11.1 Å². The molecule has 4 heteroatoms. The monoisotopic (exact) mass is 342 g/mol. The van der Waals surface area contributed by atoms with Gasteiger partial charge in [0, 0.05) is 29.5 Å². The highest BCUT2D eigenvalue weighted by atomic mass is 16.5. The Labute approximate surface area is 151 Å². The Hall–Kier alpha value is -2.10. The number of rotatable bonds is 5. The topological polar surface area (TPSA) is 55.1 Å². The highest BCUT2D eigenvalue weighted by Gasteiger charge is 2.33. The Bertz CT molecular complexity index is 672. The third-order valence-corrected chi connectivity index (χ3v) is 4.76. The highest BCUT2D eigenvalue weighted by Crippen LogP contribution is 2.43. The molecule has 0 radical (unpaired) electrons. The van der Waals surface area contributed by atoms with E-state index in [2.05, 4.69) is 24.3 Å². The lowest BCUT2D eigenvalue weighted by Gasteiger charge is -2.30. The summed E-state index contributed by atoms with van der Waals surface area (Å²) in [6.07, 6.45) is 2.76. The molecule has 3 rings (SSSR count). The van der Waals surface area contributed by atoms with Gasteiger partial charge in [0.25, 0.3) is 0 Å². The van der Waals surface area contributed by atoms with Crippen LogP contribution in [0.25, 0.3) is 0 Å². The molecule has 1 aliphatic rings. The van der Waals surface area contributed by atoms with E-state index in [9.17, 15) is 4.79 Å². The molecule has 136 valence electrons. The standard InChI is InChI=1S/C19H24N2O2.C2H6/c1-12-9-15(10-12)19-14(3)18(21-23-19)13(2)11-17(22)20-16-7-5-4-6-8-16;1-2/h4-8,12-13,15H,9-11H2,1-3H3,(H,20,22);1-2H3/t12?,13-,15?;/m0./s1. The van der Waals surface area contributed by atoms with Gasteiger partial charge in [-0.25, -0.2) is 0 Å². The summed E-state index contributed by atoms with van der Waals surface area (Å²) >= 11 is 0. The normalized spacial score (nSPS) is 20.0. The predicted molar refractivity (Wildman–Crippen MR) is 102 cm³/mol. The van der Waals surface area contributed by atoms with Crippen LogP contribution in [0.15, 0.2) is 34.9 Å². The number of anilines is 1. The second kappa shape index (κ2) is 8.84. The van der Waals surface area contributed by atoms with Crippen molar-refractivity contribution in [3.8, 4) is 0 Å². The maximum Gasteiger partial charge on any atom is 0.225 e. The van der Waals surface area contributed by atoms with Crippen LogP contribution in [0.2, 0.25) is 0 Å². The lowest BCUT2D eigenvalue weighted by molar-refractivity contribution is -0.116. The van der Waals surface area contributed by atoms with E-state index in [-0.39, 0.29) is 11.8 Å². The Kier molecular flexibility index (Phi) is 6.80. The molecule has 0 saturated heterocycles. The zero-order chi connectivity index (χ0) is 18.4. The van der Waals surface area contributed by atoms with Gasteiger partial charge in [-0.3, -0.25) is 4.79 Å². The van der Waals surface area contributed by atoms with Crippen LogP contribution in [0.3, 0.4) is 0 Å². The van der Waals surface area contributed by atoms with Gasteiger partial charge in [0.05, 0.1) is 5.69 Å². The molecule has 1 aromatic carbocycles. The number of hydrogen-bond donors (Lipinski definition) is 1. The number of nitrogens with zero attached hydrogens (tertiary/aromatic N) is 1. The highest BCUT2D eigenvalue weighted by molar-refractivity contribution is 5.91. The van der Waals surface area contributed by atoms with E-state index in [0.717, 1.165) is 28.6 Å². The number of benzene rings is 1. The number of carbonyl (C=O) groups is 1. The Morgan fingerprint density at radius 1 is 1.28 bits per heavy atom. The van der Waals surface area contributed by atoms with Gasteiger partial charge < -0.3 is 9.84 Å². The number of para-hydroxylation sites is 1. The molecule has 0 spiro atoms. The molecular formula is C21H30N2O2. The summed E-state index contributed by atoms with van der Waals surface area (Å²) in [5.41, 5.74) is 2.87. The number of nitrogens with one attached hydrogen (secondary N) is 1. The fourth-order valence-electron chi connectivity index (χ4n) is 3.43. The van der Waals surface area contributed by atoms with Crippen molar-refractivity contribution in [3.63, 3.8) is 0 Å². The summed E-state index contributed by atoms with van der Waals surface area (Å²) in [6.45, 7) is 10.4. The van der Waals surface area contributed by atoms with Crippen molar-refractivity contribution in [1.82, 2.24) is 5.16 Å². The van der Waals surface area contributed by atoms with Crippen molar-refractivity contribution < 1.29 is 9.32 Å². The van der Waals surface area contributed by atoms with Crippen molar-refractivity contribution in [3.05, 3.63) is 47.3 Å². The first-order chi connectivity index (χ1) is 12.0. The maximum atomic E-state index is 12.2. The zero-order valence-electron chi connectivity index (χ0n) is 16.0. The van der Waals surface area contributed by atoms with Crippen molar-refractivity contribution >= 4 is 11.6 Å². The van der Waals surface area contributed by atoms with Gasteiger partial charge in [0.1, 0.15) is 5.76 Å². The van der Waals surface area contributed by atoms with Crippen molar-refractivity contribution in [2.75, 3.05) is 5.32 Å². The van der Waals surface area contributed by atoms with Crippen LogP contribution in [0.4, 0.5) is 5.69 Å². The van der Waals surface area contributed by atoms with E-state index in [1.165, 1.54) is 12.8 Å². The first-order valence-electron chi connectivity index (χ1n) is 9.35. The summed E-state index contributed by atoms with van der Waals surface area (Å²) in [4.78, 5) is 12.2. The molecule has 25 heavy (non-hydrogen) atoms. The van der Waals surface area contributed by atoms with E-state index < -0.39 is 0 Å². The molecule has 2 aromatic rings. The van der Waals surface area contributed by atoms with Gasteiger partial charge in [-0.1, -0.05) is 51.1 Å². The summed E-state index contributed by atoms with van der Waals surface area (Å²) in [5, 5.41) is 7.17. The molecule has 1 amide bonds. The molecule has 1 heterocycles. The lowest BCUT2D eigenvalue weighted by Crippen LogP contribution is -2.19. The van der Waals surface area contributed by atoms with Crippen LogP contribution in [0, 0.1) is 12.8 Å². The Morgan fingerprint density at radius 2 is 1.92 bits per heavy atom. The SMILES string of the molecule is CC.Cc1c([C@@H](C)CC(=O)Nc2ccccc2)noc1C1CC(C)C1. The van der Waals surface area contributed by atoms with Crippen LogP contribution < -0.4 is 5.32 Å². The minimum atomic E-state index is 0.00455. The molecule has 1 aliphatic carbocycles. The molecular weight excluding hydrogens is 312 g/mol. The molecule has 4 nitrogen and oxygen atoms in total. The largest absolute Gasteiger partial charge is 0.361 e. The van der Waals surface area contributed by atoms with E-state index in [0.29, 0.717) is 12.3 Å². The second-order valence-corrected chi connectivity index (χ2v) is 6.85. The smallest absolute Gasteiger partial charge is 0.225 e. The van der Waals surface area contributed by atoms with Gasteiger partial charge in [0.15, 0.2) is 0 Å². The van der Waals surface area contributed by atoms with Crippen LogP contribution in [-0.2, 0) is 4.79 Å². The summed E-state index contributed by atoms with van der Waals surface area (Å²) in [5.74, 6) is 2.37. The minimum absolute atomic E-state index is 0.00455. The average Bonchev–Trinajstić information content (AvgIpc) is 2.96. The van der Waals surface area contributed by atoms with Gasteiger partial charge in [-0.15, -0.1) is 0 Å². The third kappa shape index (κ3) is 4.71. The number of carbonyl (C=O) groups excluding carboxylic acids is 1. The maximum absolute atomic E-state index is 12.2. The first-order valence-corrected chi connectivity index (χ1v) is 9.35. The zero-order valence-corrected chi connectivity index (χ0v) is 16.0. The number of hydrogen-bond acceptors (Lipinski definition) is 3. The molecule has 1 aromatic heterocycles. The fourth-order valence-corrected chi connectivity index (χ4v) is 3.43. The van der Waals surface area contributed by atoms with Crippen molar-refractivity contribution in [2.45, 2.75) is 65.7 Å². The minimum Gasteiger partial charge on any atom is -0.361 e. The molecule has 1 fully saturated rings. The Balaban J connectivity index is 0.00000109. The fraction of sp³-hybridized carbons (Fsp3) is 0.524. The van der Waals surface area contributed by atoms with Gasteiger partial charge in [0.2, 0.25) is 5.91 Å². The molecule has 0 unspecified atom stereocenters. The van der Waals surface area contributed by atoms with E-state index in [1.807, 2.05) is 51.1 Å². The van der Waals surface area contributed by atoms with E-state index in [4.69, 9.17) is 4.52 Å². The molecule has 1 N–H and O–H groups in total.